The largest absolute Gasteiger partial charge is 0.376 e. The highest BCUT2D eigenvalue weighted by atomic mass is 16.5. The van der Waals surface area contributed by atoms with Crippen molar-refractivity contribution < 1.29 is 9.47 Å². The topological polar surface area (TPSA) is 30.5 Å². The quantitative estimate of drug-likeness (QED) is 0.648. The SMILES string of the molecule is CCCCCCC(C)OCC1CNCCO1. The van der Waals surface area contributed by atoms with E-state index in [4.69, 9.17) is 9.47 Å². The zero-order valence-electron chi connectivity index (χ0n) is 10.8. The average Bonchev–Trinajstić information content (AvgIpc) is 2.33. The molecule has 1 rings (SSSR count). The fourth-order valence-corrected chi connectivity index (χ4v) is 1.94. The highest BCUT2D eigenvalue weighted by molar-refractivity contribution is 4.66. The van der Waals surface area contributed by atoms with Gasteiger partial charge in [0.1, 0.15) is 0 Å². The predicted molar refractivity (Wildman–Crippen MR) is 66.8 cm³/mol. The van der Waals surface area contributed by atoms with Gasteiger partial charge in [0.25, 0.3) is 0 Å². The molecule has 0 spiro atoms. The Hall–Kier alpha value is -0.120. The van der Waals surface area contributed by atoms with Crippen molar-refractivity contribution in [3.05, 3.63) is 0 Å². The number of nitrogens with one attached hydrogen (secondary N) is 1. The van der Waals surface area contributed by atoms with Crippen LogP contribution in [0.15, 0.2) is 0 Å². The molecule has 0 aromatic heterocycles. The predicted octanol–water partition coefficient (Wildman–Crippen LogP) is 2.35. The molecule has 1 fully saturated rings. The zero-order chi connectivity index (χ0) is 11.6. The van der Waals surface area contributed by atoms with E-state index < -0.39 is 0 Å². The summed E-state index contributed by atoms with van der Waals surface area (Å²) in [6, 6.07) is 0. The summed E-state index contributed by atoms with van der Waals surface area (Å²) in [7, 11) is 0. The molecule has 1 heterocycles. The molecule has 2 atom stereocenters. The third-order valence-electron chi connectivity index (χ3n) is 3.04. The second-order valence-electron chi connectivity index (χ2n) is 4.69. The third kappa shape index (κ3) is 6.46. The molecule has 0 radical (unpaired) electrons. The van der Waals surface area contributed by atoms with Gasteiger partial charge in [0, 0.05) is 13.1 Å². The molecular formula is C13H27NO2. The molecule has 1 aliphatic rings. The first-order valence-electron chi connectivity index (χ1n) is 6.77. The number of ether oxygens (including phenoxy) is 2. The first-order valence-corrected chi connectivity index (χ1v) is 6.77. The molecule has 3 heteroatoms. The summed E-state index contributed by atoms with van der Waals surface area (Å²) in [5, 5.41) is 3.31. The van der Waals surface area contributed by atoms with E-state index >= 15 is 0 Å². The Labute approximate surface area is 99.9 Å². The van der Waals surface area contributed by atoms with Crippen molar-refractivity contribution in [2.45, 2.75) is 58.2 Å². The zero-order valence-corrected chi connectivity index (χ0v) is 10.8. The molecule has 1 aliphatic heterocycles. The summed E-state index contributed by atoms with van der Waals surface area (Å²) >= 11 is 0. The number of rotatable bonds is 8. The Morgan fingerprint density at radius 1 is 1.38 bits per heavy atom. The van der Waals surface area contributed by atoms with Gasteiger partial charge in [-0.25, -0.2) is 0 Å². The Morgan fingerprint density at radius 3 is 2.94 bits per heavy atom. The van der Waals surface area contributed by atoms with E-state index in [1.54, 1.807) is 0 Å². The van der Waals surface area contributed by atoms with E-state index in [9.17, 15) is 0 Å². The van der Waals surface area contributed by atoms with Crippen molar-refractivity contribution >= 4 is 0 Å². The first kappa shape index (κ1) is 13.9. The van der Waals surface area contributed by atoms with Gasteiger partial charge >= 0.3 is 0 Å². The molecule has 16 heavy (non-hydrogen) atoms. The molecule has 0 amide bonds. The summed E-state index contributed by atoms with van der Waals surface area (Å²) in [5.41, 5.74) is 0. The normalized spacial score (nSPS) is 23.2. The lowest BCUT2D eigenvalue weighted by Crippen LogP contribution is -2.41. The number of morpholine rings is 1. The fourth-order valence-electron chi connectivity index (χ4n) is 1.94. The van der Waals surface area contributed by atoms with E-state index in [2.05, 4.69) is 19.2 Å². The standard InChI is InChI=1S/C13H27NO2/c1-3-4-5-6-7-12(2)16-11-13-10-14-8-9-15-13/h12-14H,3-11H2,1-2H3. The van der Waals surface area contributed by atoms with Crippen molar-refractivity contribution in [1.29, 1.82) is 0 Å². The minimum Gasteiger partial charge on any atom is -0.376 e. The monoisotopic (exact) mass is 229 g/mol. The molecule has 3 nitrogen and oxygen atoms in total. The van der Waals surface area contributed by atoms with Crippen LogP contribution in [0.2, 0.25) is 0 Å². The van der Waals surface area contributed by atoms with Gasteiger partial charge in [0.05, 0.1) is 25.4 Å². The second kappa shape index (κ2) is 8.97. The van der Waals surface area contributed by atoms with Crippen LogP contribution in [0.3, 0.4) is 0 Å². The van der Waals surface area contributed by atoms with Crippen LogP contribution in [0.4, 0.5) is 0 Å². The maximum atomic E-state index is 5.80. The average molecular weight is 229 g/mol. The fraction of sp³-hybridized carbons (Fsp3) is 1.00. The number of hydrogen-bond acceptors (Lipinski definition) is 3. The van der Waals surface area contributed by atoms with Crippen LogP contribution in [-0.2, 0) is 9.47 Å². The van der Waals surface area contributed by atoms with Crippen LogP contribution in [-0.4, -0.2) is 38.5 Å². The molecule has 0 aliphatic carbocycles. The maximum absolute atomic E-state index is 5.80. The smallest absolute Gasteiger partial charge is 0.0933 e. The van der Waals surface area contributed by atoms with Gasteiger partial charge in [0.15, 0.2) is 0 Å². The third-order valence-corrected chi connectivity index (χ3v) is 3.04. The van der Waals surface area contributed by atoms with E-state index in [-0.39, 0.29) is 6.10 Å². The van der Waals surface area contributed by atoms with Crippen molar-refractivity contribution in [3.63, 3.8) is 0 Å². The Kier molecular flexibility index (Phi) is 7.81. The summed E-state index contributed by atoms with van der Waals surface area (Å²) < 4.78 is 11.4. The van der Waals surface area contributed by atoms with Crippen LogP contribution in [0.5, 0.6) is 0 Å². The van der Waals surface area contributed by atoms with Gasteiger partial charge < -0.3 is 14.8 Å². The second-order valence-corrected chi connectivity index (χ2v) is 4.69. The van der Waals surface area contributed by atoms with Gasteiger partial charge in [-0.3, -0.25) is 0 Å². The number of hydrogen-bond donors (Lipinski definition) is 1. The lowest BCUT2D eigenvalue weighted by molar-refractivity contribution is -0.0530. The van der Waals surface area contributed by atoms with Gasteiger partial charge in [0.2, 0.25) is 0 Å². The lowest BCUT2D eigenvalue weighted by Gasteiger charge is -2.25. The molecule has 0 bridgehead atoms. The minimum absolute atomic E-state index is 0.256. The Bertz CT molecular complexity index is 158. The summed E-state index contributed by atoms with van der Waals surface area (Å²) in [6.45, 7) is 7.88. The van der Waals surface area contributed by atoms with E-state index in [0.29, 0.717) is 6.10 Å². The molecule has 0 aromatic carbocycles. The minimum atomic E-state index is 0.256. The number of unbranched alkanes of at least 4 members (excludes halogenated alkanes) is 3. The van der Waals surface area contributed by atoms with Crippen molar-refractivity contribution in [2.75, 3.05) is 26.3 Å². The van der Waals surface area contributed by atoms with Crippen LogP contribution in [0.25, 0.3) is 0 Å². The maximum Gasteiger partial charge on any atom is 0.0933 e. The van der Waals surface area contributed by atoms with Crippen LogP contribution >= 0.6 is 0 Å². The van der Waals surface area contributed by atoms with Gasteiger partial charge in [-0.05, 0) is 13.3 Å². The summed E-state index contributed by atoms with van der Waals surface area (Å²) in [6.07, 6.45) is 7.10. The lowest BCUT2D eigenvalue weighted by atomic mass is 10.1. The molecular weight excluding hydrogens is 202 g/mol. The van der Waals surface area contributed by atoms with Gasteiger partial charge in [-0.1, -0.05) is 32.6 Å². The first-order chi connectivity index (χ1) is 7.83. The van der Waals surface area contributed by atoms with Crippen molar-refractivity contribution in [2.24, 2.45) is 0 Å². The molecule has 1 N–H and O–H groups in total. The Morgan fingerprint density at radius 2 is 2.25 bits per heavy atom. The van der Waals surface area contributed by atoms with Crippen LogP contribution in [0, 0.1) is 0 Å². The Balaban J connectivity index is 1.94. The van der Waals surface area contributed by atoms with Gasteiger partial charge in [-0.2, -0.15) is 0 Å². The summed E-state index contributed by atoms with van der Waals surface area (Å²) in [5.74, 6) is 0. The van der Waals surface area contributed by atoms with Crippen molar-refractivity contribution in [1.82, 2.24) is 5.32 Å². The highest BCUT2D eigenvalue weighted by Gasteiger charge is 2.14. The molecule has 1 saturated heterocycles. The van der Waals surface area contributed by atoms with Crippen LogP contribution in [0.1, 0.15) is 46.0 Å². The van der Waals surface area contributed by atoms with Crippen LogP contribution < -0.4 is 5.32 Å². The molecule has 0 aromatic rings. The van der Waals surface area contributed by atoms with E-state index in [1.807, 2.05) is 0 Å². The molecule has 0 saturated carbocycles. The molecule has 2 unspecified atom stereocenters. The van der Waals surface area contributed by atoms with Crippen molar-refractivity contribution in [3.8, 4) is 0 Å². The van der Waals surface area contributed by atoms with E-state index in [1.165, 1.54) is 32.1 Å². The van der Waals surface area contributed by atoms with E-state index in [0.717, 1.165) is 26.3 Å². The molecule has 96 valence electrons. The van der Waals surface area contributed by atoms with Gasteiger partial charge in [-0.15, -0.1) is 0 Å². The highest BCUT2D eigenvalue weighted by Crippen LogP contribution is 2.09. The summed E-state index contributed by atoms with van der Waals surface area (Å²) in [4.78, 5) is 0.